The fourth-order valence-electron chi connectivity index (χ4n) is 1.86. The summed E-state index contributed by atoms with van der Waals surface area (Å²) in [6.07, 6.45) is 1.58. The molecule has 104 valence electrons. The lowest BCUT2D eigenvalue weighted by molar-refractivity contribution is 0.0697. The minimum atomic E-state index is -1.00. The standard InChI is InChI=1S/C15H15BrN2O2/c1-9-3-5-11(6-4-9)10(2)18-14-13(15(19)20)7-12(16)8-17-14/h3-8,10H,1-2H3,(H,17,18)(H,19,20). The Morgan fingerprint density at radius 2 is 2.00 bits per heavy atom. The molecule has 0 aliphatic carbocycles. The lowest BCUT2D eigenvalue weighted by atomic mass is 10.1. The highest BCUT2D eigenvalue weighted by Gasteiger charge is 2.14. The molecule has 0 aliphatic rings. The van der Waals surface area contributed by atoms with Gasteiger partial charge >= 0.3 is 5.97 Å². The molecule has 20 heavy (non-hydrogen) atoms. The zero-order chi connectivity index (χ0) is 14.7. The van der Waals surface area contributed by atoms with Crippen LogP contribution in [0.5, 0.6) is 0 Å². The van der Waals surface area contributed by atoms with Gasteiger partial charge in [0.1, 0.15) is 11.4 Å². The minimum absolute atomic E-state index is 0.0256. The highest BCUT2D eigenvalue weighted by atomic mass is 79.9. The molecule has 5 heteroatoms. The van der Waals surface area contributed by atoms with E-state index in [9.17, 15) is 9.90 Å². The fourth-order valence-corrected chi connectivity index (χ4v) is 2.19. The molecule has 0 fully saturated rings. The second-order valence-corrected chi connectivity index (χ2v) is 5.55. The van der Waals surface area contributed by atoms with Gasteiger partial charge < -0.3 is 10.4 Å². The number of hydrogen-bond donors (Lipinski definition) is 2. The number of aromatic carboxylic acids is 1. The van der Waals surface area contributed by atoms with Crippen molar-refractivity contribution in [2.24, 2.45) is 0 Å². The molecule has 0 spiro atoms. The Balaban J connectivity index is 2.25. The van der Waals surface area contributed by atoms with Crippen LogP contribution >= 0.6 is 15.9 Å². The second-order valence-electron chi connectivity index (χ2n) is 4.63. The van der Waals surface area contributed by atoms with Gasteiger partial charge in [-0.3, -0.25) is 0 Å². The van der Waals surface area contributed by atoms with E-state index in [1.54, 1.807) is 12.3 Å². The average molecular weight is 335 g/mol. The predicted octanol–water partition coefficient (Wildman–Crippen LogP) is 4.02. The predicted molar refractivity (Wildman–Crippen MR) is 82.1 cm³/mol. The quantitative estimate of drug-likeness (QED) is 0.886. The Hall–Kier alpha value is -1.88. The highest BCUT2D eigenvalue weighted by molar-refractivity contribution is 9.10. The lowest BCUT2D eigenvalue weighted by Gasteiger charge is -2.16. The molecular weight excluding hydrogens is 320 g/mol. The minimum Gasteiger partial charge on any atom is -0.478 e. The van der Waals surface area contributed by atoms with Crippen LogP contribution in [0.15, 0.2) is 41.0 Å². The largest absolute Gasteiger partial charge is 0.478 e. The van der Waals surface area contributed by atoms with E-state index in [1.807, 2.05) is 38.1 Å². The summed E-state index contributed by atoms with van der Waals surface area (Å²) >= 11 is 3.23. The third-order valence-corrected chi connectivity index (χ3v) is 3.45. The van der Waals surface area contributed by atoms with Crippen molar-refractivity contribution in [2.75, 3.05) is 5.32 Å². The number of nitrogens with zero attached hydrogens (tertiary/aromatic N) is 1. The normalized spacial score (nSPS) is 11.9. The number of hydrogen-bond acceptors (Lipinski definition) is 3. The van der Waals surface area contributed by atoms with Crippen LogP contribution in [0.2, 0.25) is 0 Å². The van der Waals surface area contributed by atoms with Crippen LogP contribution in [0.3, 0.4) is 0 Å². The lowest BCUT2D eigenvalue weighted by Crippen LogP contribution is -2.12. The summed E-state index contributed by atoms with van der Waals surface area (Å²) < 4.78 is 0.642. The summed E-state index contributed by atoms with van der Waals surface area (Å²) in [7, 11) is 0. The van der Waals surface area contributed by atoms with Crippen molar-refractivity contribution >= 4 is 27.7 Å². The number of anilines is 1. The van der Waals surface area contributed by atoms with Gasteiger partial charge in [-0.15, -0.1) is 0 Å². The maximum absolute atomic E-state index is 11.2. The number of carboxylic acids is 1. The Morgan fingerprint density at radius 1 is 1.35 bits per heavy atom. The number of aryl methyl sites for hydroxylation is 1. The number of pyridine rings is 1. The van der Waals surface area contributed by atoms with Crippen molar-refractivity contribution in [3.8, 4) is 0 Å². The van der Waals surface area contributed by atoms with Gasteiger partial charge in [-0.2, -0.15) is 0 Å². The van der Waals surface area contributed by atoms with Gasteiger partial charge in [0.25, 0.3) is 0 Å². The van der Waals surface area contributed by atoms with Crippen molar-refractivity contribution in [3.05, 3.63) is 57.7 Å². The van der Waals surface area contributed by atoms with Crippen molar-refractivity contribution in [1.82, 2.24) is 4.98 Å². The summed E-state index contributed by atoms with van der Waals surface area (Å²) in [5.41, 5.74) is 2.42. The van der Waals surface area contributed by atoms with Crippen LogP contribution in [0.1, 0.15) is 34.5 Å². The number of carbonyl (C=O) groups is 1. The number of aromatic nitrogens is 1. The van der Waals surface area contributed by atoms with Crippen LogP contribution in [-0.4, -0.2) is 16.1 Å². The molecule has 0 amide bonds. The summed E-state index contributed by atoms with van der Waals surface area (Å²) in [6.45, 7) is 4.00. The van der Waals surface area contributed by atoms with Crippen LogP contribution in [0.4, 0.5) is 5.82 Å². The second kappa shape index (κ2) is 6.05. The molecule has 2 rings (SSSR count). The first-order valence-electron chi connectivity index (χ1n) is 6.19. The highest BCUT2D eigenvalue weighted by Crippen LogP contribution is 2.23. The molecule has 4 nitrogen and oxygen atoms in total. The first-order chi connectivity index (χ1) is 9.47. The molecule has 0 radical (unpaired) electrons. The van der Waals surface area contributed by atoms with E-state index >= 15 is 0 Å². The maximum atomic E-state index is 11.2. The van der Waals surface area contributed by atoms with E-state index < -0.39 is 5.97 Å². The topological polar surface area (TPSA) is 62.2 Å². The molecule has 1 unspecified atom stereocenters. The average Bonchev–Trinajstić information content (AvgIpc) is 2.41. The first kappa shape index (κ1) is 14.5. The Labute approximate surface area is 126 Å². The van der Waals surface area contributed by atoms with Crippen molar-refractivity contribution in [1.29, 1.82) is 0 Å². The molecule has 2 N–H and O–H groups in total. The Kier molecular flexibility index (Phi) is 4.39. The Bertz CT molecular complexity index is 626. The Morgan fingerprint density at radius 3 is 2.60 bits per heavy atom. The molecule has 0 saturated heterocycles. The van der Waals surface area contributed by atoms with E-state index in [4.69, 9.17) is 0 Å². The van der Waals surface area contributed by atoms with Gasteiger partial charge in [0.05, 0.1) is 0 Å². The number of carboxylic acid groups (broad SMARTS) is 1. The van der Waals surface area contributed by atoms with Gasteiger partial charge in [-0.05, 0) is 41.4 Å². The fraction of sp³-hybridized carbons (Fsp3) is 0.200. The number of nitrogens with one attached hydrogen (secondary N) is 1. The molecule has 0 aliphatic heterocycles. The molecule has 1 aromatic heterocycles. The monoisotopic (exact) mass is 334 g/mol. The third-order valence-electron chi connectivity index (χ3n) is 3.02. The van der Waals surface area contributed by atoms with Gasteiger partial charge in [0.15, 0.2) is 0 Å². The van der Waals surface area contributed by atoms with Crippen LogP contribution in [0.25, 0.3) is 0 Å². The number of rotatable bonds is 4. The van der Waals surface area contributed by atoms with Crippen LogP contribution in [0, 0.1) is 6.92 Å². The summed E-state index contributed by atoms with van der Waals surface area (Å²) in [4.78, 5) is 15.4. The van der Waals surface area contributed by atoms with Gasteiger partial charge in [0.2, 0.25) is 0 Å². The van der Waals surface area contributed by atoms with E-state index in [0.717, 1.165) is 5.56 Å². The zero-order valence-electron chi connectivity index (χ0n) is 11.2. The number of benzene rings is 1. The van der Waals surface area contributed by atoms with Gasteiger partial charge in [-0.25, -0.2) is 9.78 Å². The van der Waals surface area contributed by atoms with E-state index in [-0.39, 0.29) is 11.6 Å². The summed E-state index contributed by atoms with van der Waals surface area (Å²) in [6, 6.07) is 9.61. The van der Waals surface area contributed by atoms with E-state index in [2.05, 4.69) is 26.2 Å². The number of halogens is 1. The van der Waals surface area contributed by atoms with Crippen molar-refractivity contribution < 1.29 is 9.90 Å². The van der Waals surface area contributed by atoms with Crippen molar-refractivity contribution in [2.45, 2.75) is 19.9 Å². The smallest absolute Gasteiger partial charge is 0.339 e. The molecule has 1 heterocycles. The molecule has 1 atom stereocenters. The maximum Gasteiger partial charge on any atom is 0.339 e. The van der Waals surface area contributed by atoms with E-state index in [0.29, 0.717) is 10.3 Å². The van der Waals surface area contributed by atoms with Crippen molar-refractivity contribution in [3.63, 3.8) is 0 Å². The third kappa shape index (κ3) is 3.36. The molecule has 0 bridgehead atoms. The van der Waals surface area contributed by atoms with Gasteiger partial charge in [0, 0.05) is 16.7 Å². The van der Waals surface area contributed by atoms with Crippen LogP contribution in [-0.2, 0) is 0 Å². The van der Waals surface area contributed by atoms with E-state index in [1.165, 1.54) is 5.56 Å². The van der Waals surface area contributed by atoms with Crippen LogP contribution < -0.4 is 5.32 Å². The molecule has 2 aromatic rings. The molecular formula is C15H15BrN2O2. The molecule has 1 aromatic carbocycles. The zero-order valence-corrected chi connectivity index (χ0v) is 12.8. The summed E-state index contributed by atoms with van der Waals surface area (Å²) in [5, 5.41) is 12.4. The first-order valence-corrected chi connectivity index (χ1v) is 6.98. The summed E-state index contributed by atoms with van der Waals surface area (Å²) in [5.74, 6) is -0.633. The van der Waals surface area contributed by atoms with Gasteiger partial charge in [-0.1, -0.05) is 29.8 Å². The molecule has 0 saturated carbocycles. The SMILES string of the molecule is Cc1ccc(C(C)Nc2ncc(Br)cc2C(=O)O)cc1.